The van der Waals surface area contributed by atoms with Crippen molar-refractivity contribution >= 4 is 5.91 Å². The van der Waals surface area contributed by atoms with Crippen LogP contribution in [0.15, 0.2) is 34.9 Å². The van der Waals surface area contributed by atoms with Crippen LogP contribution in [-0.4, -0.2) is 29.6 Å². The van der Waals surface area contributed by atoms with Gasteiger partial charge in [0.2, 0.25) is 17.6 Å². The van der Waals surface area contributed by atoms with Crippen molar-refractivity contribution in [3.05, 3.63) is 36.2 Å². The summed E-state index contributed by atoms with van der Waals surface area (Å²) in [5.74, 6) is 0.880. The van der Waals surface area contributed by atoms with Crippen molar-refractivity contribution in [2.45, 2.75) is 13.0 Å². The van der Waals surface area contributed by atoms with Gasteiger partial charge in [-0.3, -0.25) is 4.79 Å². The number of nitrogens with zero attached hydrogens (tertiary/aromatic N) is 2. The summed E-state index contributed by atoms with van der Waals surface area (Å²) in [6.45, 7) is 0.896. The first kappa shape index (κ1) is 13.2. The van der Waals surface area contributed by atoms with Gasteiger partial charge in [0.25, 0.3) is 0 Å². The van der Waals surface area contributed by atoms with Gasteiger partial charge >= 0.3 is 0 Å². The van der Waals surface area contributed by atoms with E-state index in [0.717, 1.165) is 5.56 Å². The molecule has 2 aromatic rings. The zero-order chi connectivity index (χ0) is 13.5. The molecule has 2 N–H and O–H groups in total. The number of amides is 1. The van der Waals surface area contributed by atoms with Crippen LogP contribution in [0.5, 0.6) is 0 Å². The Labute approximate surface area is 111 Å². The predicted molar refractivity (Wildman–Crippen MR) is 70.1 cm³/mol. The van der Waals surface area contributed by atoms with E-state index in [2.05, 4.69) is 20.8 Å². The lowest BCUT2D eigenvalue weighted by molar-refractivity contribution is -0.121. The molecule has 1 amide bonds. The number of benzene rings is 1. The highest BCUT2D eigenvalue weighted by Crippen LogP contribution is 2.14. The van der Waals surface area contributed by atoms with Gasteiger partial charge in [-0.1, -0.05) is 35.5 Å². The quantitative estimate of drug-likeness (QED) is 0.808. The SMILES string of the molecule is CNCCC(=O)NCc1nc(-c2ccccc2)no1. The van der Waals surface area contributed by atoms with Gasteiger partial charge < -0.3 is 15.2 Å². The Balaban J connectivity index is 1.90. The van der Waals surface area contributed by atoms with Crippen molar-refractivity contribution in [3.8, 4) is 11.4 Å². The molecule has 0 aliphatic rings. The van der Waals surface area contributed by atoms with Crippen LogP contribution in [0.1, 0.15) is 12.3 Å². The lowest BCUT2D eigenvalue weighted by Crippen LogP contribution is -2.26. The van der Waals surface area contributed by atoms with Crippen molar-refractivity contribution in [1.82, 2.24) is 20.8 Å². The van der Waals surface area contributed by atoms with Gasteiger partial charge in [0.05, 0.1) is 6.54 Å². The molecule has 1 aromatic carbocycles. The van der Waals surface area contributed by atoms with Gasteiger partial charge in [0.15, 0.2) is 0 Å². The largest absolute Gasteiger partial charge is 0.347 e. The fraction of sp³-hybridized carbons (Fsp3) is 0.308. The molecule has 0 radical (unpaired) electrons. The molecule has 6 heteroatoms. The van der Waals surface area contributed by atoms with Crippen molar-refractivity contribution in [2.75, 3.05) is 13.6 Å². The summed E-state index contributed by atoms with van der Waals surface area (Å²) < 4.78 is 5.08. The Hall–Kier alpha value is -2.21. The number of hydrogen-bond acceptors (Lipinski definition) is 5. The second-order valence-electron chi connectivity index (χ2n) is 4.01. The van der Waals surface area contributed by atoms with Crippen LogP contribution >= 0.6 is 0 Å². The van der Waals surface area contributed by atoms with Gasteiger partial charge in [-0.05, 0) is 7.05 Å². The molecular weight excluding hydrogens is 244 g/mol. The summed E-state index contributed by atoms with van der Waals surface area (Å²) in [4.78, 5) is 15.6. The first-order valence-electron chi connectivity index (χ1n) is 6.09. The minimum Gasteiger partial charge on any atom is -0.347 e. The third-order valence-corrected chi connectivity index (χ3v) is 2.54. The van der Waals surface area contributed by atoms with Gasteiger partial charge in [-0.2, -0.15) is 4.98 Å². The van der Waals surface area contributed by atoms with Crippen molar-refractivity contribution < 1.29 is 9.32 Å². The van der Waals surface area contributed by atoms with Crippen molar-refractivity contribution in [3.63, 3.8) is 0 Å². The van der Waals surface area contributed by atoms with E-state index in [1.54, 1.807) is 7.05 Å². The van der Waals surface area contributed by atoms with Gasteiger partial charge in [0, 0.05) is 18.5 Å². The average Bonchev–Trinajstić information content (AvgIpc) is 2.93. The Bertz CT molecular complexity index is 524. The molecule has 0 aliphatic carbocycles. The predicted octanol–water partition coefficient (Wildman–Crippen LogP) is 0.962. The van der Waals surface area contributed by atoms with Crippen LogP contribution in [0.2, 0.25) is 0 Å². The highest BCUT2D eigenvalue weighted by molar-refractivity contribution is 5.75. The molecule has 19 heavy (non-hydrogen) atoms. The normalized spacial score (nSPS) is 10.4. The van der Waals surface area contributed by atoms with Gasteiger partial charge in [0.1, 0.15) is 0 Å². The number of carbonyl (C=O) groups excluding carboxylic acids is 1. The molecule has 0 unspecified atom stereocenters. The molecule has 1 heterocycles. The van der Waals surface area contributed by atoms with E-state index in [9.17, 15) is 4.79 Å². The maximum atomic E-state index is 11.4. The fourth-order valence-electron chi connectivity index (χ4n) is 1.53. The minimum absolute atomic E-state index is 0.0474. The molecule has 0 bridgehead atoms. The monoisotopic (exact) mass is 260 g/mol. The number of rotatable bonds is 6. The minimum atomic E-state index is -0.0474. The number of nitrogens with one attached hydrogen (secondary N) is 2. The maximum absolute atomic E-state index is 11.4. The molecule has 0 aliphatic heterocycles. The van der Waals surface area contributed by atoms with E-state index < -0.39 is 0 Å². The van der Waals surface area contributed by atoms with Gasteiger partial charge in [-0.25, -0.2) is 0 Å². The molecule has 2 rings (SSSR count). The molecule has 0 spiro atoms. The Morgan fingerprint density at radius 1 is 1.32 bits per heavy atom. The van der Waals surface area contributed by atoms with Crippen LogP contribution in [-0.2, 0) is 11.3 Å². The molecule has 100 valence electrons. The van der Waals surface area contributed by atoms with E-state index in [-0.39, 0.29) is 12.5 Å². The highest BCUT2D eigenvalue weighted by Gasteiger charge is 2.09. The average molecular weight is 260 g/mol. The molecule has 0 saturated carbocycles. The third kappa shape index (κ3) is 3.89. The van der Waals surface area contributed by atoms with Crippen molar-refractivity contribution in [2.24, 2.45) is 0 Å². The summed E-state index contributed by atoms with van der Waals surface area (Å²) in [5.41, 5.74) is 0.888. The number of hydrogen-bond donors (Lipinski definition) is 2. The summed E-state index contributed by atoms with van der Waals surface area (Å²) in [5, 5.41) is 9.51. The topological polar surface area (TPSA) is 80.0 Å². The fourth-order valence-corrected chi connectivity index (χ4v) is 1.53. The van der Waals surface area contributed by atoms with Crippen molar-refractivity contribution in [1.29, 1.82) is 0 Å². The Morgan fingerprint density at radius 3 is 2.84 bits per heavy atom. The zero-order valence-electron chi connectivity index (χ0n) is 10.7. The van der Waals surface area contributed by atoms with E-state index in [4.69, 9.17) is 4.52 Å². The summed E-state index contributed by atoms with van der Waals surface area (Å²) in [6, 6.07) is 9.54. The number of carbonyl (C=O) groups is 1. The summed E-state index contributed by atoms with van der Waals surface area (Å²) in [7, 11) is 1.80. The molecule has 0 atom stereocenters. The maximum Gasteiger partial charge on any atom is 0.246 e. The second kappa shape index (κ2) is 6.65. The van der Waals surface area contributed by atoms with Crippen LogP contribution in [0.25, 0.3) is 11.4 Å². The van der Waals surface area contributed by atoms with E-state index >= 15 is 0 Å². The summed E-state index contributed by atoms with van der Waals surface area (Å²) >= 11 is 0. The van der Waals surface area contributed by atoms with E-state index in [1.807, 2.05) is 30.3 Å². The first-order chi connectivity index (χ1) is 9.29. The molecular formula is C13H16N4O2. The molecule has 6 nitrogen and oxygen atoms in total. The van der Waals surface area contributed by atoms with Gasteiger partial charge in [-0.15, -0.1) is 0 Å². The molecule has 0 fully saturated rings. The van der Waals surface area contributed by atoms with E-state index in [1.165, 1.54) is 0 Å². The van der Waals surface area contributed by atoms with Crippen LogP contribution in [0, 0.1) is 0 Å². The Morgan fingerprint density at radius 2 is 2.11 bits per heavy atom. The van der Waals surface area contributed by atoms with E-state index in [0.29, 0.717) is 24.7 Å². The summed E-state index contributed by atoms with van der Waals surface area (Å²) in [6.07, 6.45) is 0.427. The standard InChI is InChI=1S/C13H16N4O2/c1-14-8-7-11(18)15-9-12-16-13(17-19-12)10-5-3-2-4-6-10/h2-6,14H,7-9H2,1H3,(H,15,18). The highest BCUT2D eigenvalue weighted by atomic mass is 16.5. The third-order valence-electron chi connectivity index (χ3n) is 2.54. The lowest BCUT2D eigenvalue weighted by atomic mass is 10.2. The first-order valence-corrected chi connectivity index (χ1v) is 6.09. The Kier molecular flexibility index (Phi) is 4.63. The number of aromatic nitrogens is 2. The zero-order valence-corrected chi connectivity index (χ0v) is 10.7. The molecule has 0 saturated heterocycles. The van der Waals surface area contributed by atoms with Crippen LogP contribution in [0.4, 0.5) is 0 Å². The van der Waals surface area contributed by atoms with Crippen LogP contribution < -0.4 is 10.6 Å². The molecule has 1 aromatic heterocycles. The lowest BCUT2D eigenvalue weighted by Gasteiger charge is -2.00. The van der Waals surface area contributed by atoms with Crippen LogP contribution in [0.3, 0.4) is 0 Å². The smallest absolute Gasteiger partial charge is 0.246 e. The second-order valence-corrected chi connectivity index (χ2v) is 4.01.